The van der Waals surface area contributed by atoms with Crippen LogP contribution in [-0.4, -0.2) is 19.5 Å². The van der Waals surface area contributed by atoms with E-state index in [1.165, 1.54) is 4.57 Å². The van der Waals surface area contributed by atoms with Crippen molar-refractivity contribution in [3.8, 4) is 5.69 Å². The maximum absolute atomic E-state index is 12.2. The smallest absolute Gasteiger partial charge is 0.257 e. The Morgan fingerprint density at radius 2 is 2.16 bits per heavy atom. The normalized spacial score (nSPS) is 10.8. The van der Waals surface area contributed by atoms with Crippen LogP contribution in [0.2, 0.25) is 5.28 Å². The fourth-order valence-corrected chi connectivity index (χ4v) is 2.10. The molecule has 0 saturated carbocycles. The molecule has 94 valence electrons. The second kappa shape index (κ2) is 4.44. The van der Waals surface area contributed by atoms with E-state index >= 15 is 0 Å². The Morgan fingerprint density at radius 1 is 1.32 bits per heavy atom. The lowest BCUT2D eigenvalue weighted by atomic mass is 10.2. The highest BCUT2D eigenvalue weighted by molar-refractivity contribution is 6.28. The predicted molar refractivity (Wildman–Crippen MR) is 72.7 cm³/mol. The van der Waals surface area contributed by atoms with Crippen molar-refractivity contribution in [3.63, 3.8) is 0 Å². The fourth-order valence-electron chi connectivity index (χ4n) is 1.97. The van der Waals surface area contributed by atoms with Crippen LogP contribution in [0.1, 0.15) is 5.56 Å². The Kier molecular flexibility index (Phi) is 2.76. The highest BCUT2D eigenvalue weighted by Crippen LogP contribution is 2.18. The van der Waals surface area contributed by atoms with Crippen LogP contribution in [0.4, 0.5) is 0 Å². The fraction of sp³-hybridized carbons (Fsp3) is 0.0769. The van der Waals surface area contributed by atoms with Crippen molar-refractivity contribution in [3.05, 3.63) is 58.0 Å². The quantitative estimate of drug-likeness (QED) is 0.637. The molecule has 0 spiro atoms. The van der Waals surface area contributed by atoms with Gasteiger partial charge in [0.1, 0.15) is 0 Å². The van der Waals surface area contributed by atoms with E-state index in [1.807, 2.05) is 6.92 Å². The largest absolute Gasteiger partial charge is 0.269 e. The Bertz CT molecular complexity index is 814. The zero-order valence-electron chi connectivity index (χ0n) is 10.0. The Labute approximate surface area is 113 Å². The molecule has 0 fully saturated rings. The molecule has 0 radical (unpaired) electrons. The van der Waals surface area contributed by atoms with Gasteiger partial charge in [0.2, 0.25) is 5.28 Å². The van der Waals surface area contributed by atoms with Crippen LogP contribution < -0.4 is 5.56 Å². The summed E-state index contributed by atoms with van der Waals surface area (Å²) in [5.74, 6) is 0. The Morgan fingerprint density at radius 3 is 2.89 bits per heavy atom. The van der Waals surface area contributed by atoms with Crippen molar-refractivity contribution in [2.75, 3.05) is 0 Å². The minimum Gasteiger partial charge on any atom is -0.269 e. The van der Waals surface area contributed by atoms with Crippen molar-refractivity contribution in [1.82, 2.24) is 19.5 Å². The predicted octanol–water partition coefficient (Wildman–Crippen LogP) is 2.14. The van der Waals surface area contributed by atoms with Crippen LogP contribution >= 0.6 is 11.6 Å². The van der Waals surface area contributed by atoms with Gasteiger partial charge < -0.3 is 0 Å². The van der Waals surface area contributed by atoms with E-state index in [2.05, 4.69) is 15.0 Å². The minimum absolute atomic E-state index is 0.107. The van der Waals surface area contributed by atoms with Gasteiger partial charge in [-0.15, -0.1) is 0 Å². The molecular formula is C13H9ClN4O. The van der Waals surface area contributed by atoms with Gasteiger partial charge in [0.05, 0.1) is 11.9 Å². The zero-order valence-corrected chi connectivity index (χ0v) is 10.8. The van der Waals surface area contributed by atoms with Gasteiger partial charge in [0, 0.05) is 23.8 Å². The second-order valence-electron chi connectivity index (χ2n) is 4.09. The molecular weight excluding hydrogens is 264 g/mol. The number of rotatable bonds is 1. The average Bonchev–Trinajstić information content (AvgIpc) is 2.39. The molecule has 0 atom stereocenters. The van der Waals surface area contributed by atoms with Gasteiger partial charge in [-0.3, -0.25) is 14.3 Å². The highest BCUT2D eigenvalue weighted by Gasteiger charge is 2.10. The molecule has 5 nitrogen and oxygen atoms in total. The van der Waals surface area contributed by atoms with Gasteiger partial charge in [-0.1, -0.05) is 0 Å². The lowest BCUT2D eigenvalue weighted by molar-refractivity contribution is 0.987. The molecule has 3 aromatic rings. The molecule has 0 amide bonds. The molecule has 3 rings (SSSR count). The summed E-state index contributed by atoms with van der Waals surface area (Å²) >= 11 is 5.83. The standard InChI is InChI=1S/C13H9ClN4O/c1-8-5-11(19)18(9-3-2-4-15-6-9)12-10(8)7-16-13(14)17-12/h2-7H,1H3. The molecule has 0 aliphatic carbocycles. The number of aromatic nitrogens is 4. The Hall–Kier alpha value is -2.27. The minimum atomic E-state index is -0.173. The number of fused-ring (bicyclic) bond motifs is 1. The third-order valence-corrected chi connectivity index (χ3v) is 3.02. The van der Waals surface area contributed by atoms with Gasteiger partial charge in [0.15, 0.2) is 5.65 Å². The van der Waals surface area contributed by atoms with Crippen LogP contribution in [0.15, 0.2) is 41.6 Å². The number of aryl methyl sites for hydroxylation is 1. The first-order valence-electron chi connectivity index (χ1n) is 5.62. The molecule has 3 aromatic heterocycles. The topological polar surface area (TPSA) is 60.7 Å². The summed E-state index contributed by atoms with van der Waals surface area (Å²) in [5, 5.41) is 0.892. The lowest BCUT2D eigenvalue weighted by Crippen LogP contribution is -2.19. The monoisotopic (exact) mass is 272 g/mol. The van der Waals surface area contributed by atoms with Gasteiger partial charge in [0.25, 0.3) is 5.56 Å². The van der Waals surface area contributed by atoms with Crippen LogP contribution in [-0.2, 0) is 0 Å². The highest BCUT2D eigenvalue weighted by atomic mass is 35.5. The Balaban J connectivity index is 2.48. The molecule has 0 saturated heterocycles. The maximum Gasteiger partial charge on any atom is 0.257 e. The molecule has 0 aliphatic rings. The van der Waals surface area contributed by atoms with Crippen LogP contribution in [0, 0.1) is 6.92 Å². The summed E-state index contributed by atoms with van der Waals surface area (Å²) in [5.41, 5.74) is 1.77. The first kappa shape index (κ1) is 11.8. The van der Waals surface area contributed by atoms with E-state index in [1.54, 1.807) is 36.8 Å². The molecule has 0 aliphatic heterocycles. The zero-order chi connectivity index (χ0) is 13.4. The second-order valence-corrected chi connectivity index (χ2v) is 4.43. The summed E-state index contributed by atoms with van der Waals surface area (Å²) in [6.45, 7) is 1.84. The third-order valence-electron chi connectivity index (χ3n) is 2.84. The SMILES string of the molecule is Cc1cc(=O)n(-c2cccnc2)c2nc(Cl)ncc12. The van der Waals surface area contributed by atoms with Gasteiger partial charge in [-0.2, -0.15) is 4.98 Å². The lowest BCUT2D eigenvalue weighted by Gasteiger charge is -2.10. The van der Waals surface area contributed by atoms with E-state index in [-0.39, 0.29) is 10.8 Å². The summed E-state index contributed by atoms with van der Waals surface area (Å²) in [6, 6.07) is 5.10. The molecule has 0 unspecified atom stereocenters. The van der Waals surface area contributed by atoms with Crippen molar-refractivity contribution >= 4 is 22.6 Å². The molecule has 0 N–H and O–H groups in total. The van der Waals surface area contributed by atoms with Gasteiger partial charge >= 0.3 is 0 Å². The number of hydrogen-bond acceptors (Lipinski definition) is 4. The van der Waals surface area contributed by atoms with E-state index in [0.717, 1.165) is 10.9 Å². The molecule has 0 bridgehead atoms. The average molecular weight is 273 g/mol. The van der Waals surface area contributed by atoms with E-state index in [0.29, 0.717) is 11.3 Å². The third kappa shape index (κ3) is 1.98. The van der Waals surface area contributed by atoms with Gasteiger partial charge in [-0.25, -0.2) is 4.98 Å². The molecule has 6 heteroatoms. The van der Waals surface area contributed by atoms with Crippen molar-refractivity contribution in [2.45, 2.75) is 6.92 Å². The van der Waals surface area contributed by atoms with Crippen molar-refractivity contribution < 1.29 is 0 Å². The number of pyridine rings is 2. The summed E-state index contributed by atoms with van der Waals surface area (Å²) < 4.78 is 1.48. The van der Waals surface area contributed by atoms with Crippen molar-refractivity contribution in [1.29, 1.82) is 0 Å². The summed E-state index contributed by atoms with van der Waals surface area (Å²) in [4.78, 5) is 24.3. The van der Waals surface area contributed by atoms with Crippen LogP contribution in [0.3, 0.4) is 0 Å². The number of hydrogen-bond donors (Lipinski definition) is 0. The van der Waals surface area contributed by atoms with E-state index in [4.69, 9.17) is 11.6 Å². The van der Waals surface area contributed by atoms with E-state index in [9.17, 15) is 4.79 Å². The van der Waals surface area contributed by atoms with Crippen LogP contribution in [0.25, 0.3) is 16.7 Å². The molecule has 0 aromatic carbocycles. The van der Waals surface area contributed by atoms with Crippen molar-refractivity contribution in [2.24, 2.45) is 0 Å². The summed E-state index contributed by atoms with van der Waals surface area (Å²) in [6.07, 6.45) is 4.87. The first-order valence-corrected chi connectivity index (χ1v) is 6.00. The molecule has 3 heterocycles. The summed E-state index contributed by atoms with van der Waals surface area (Å²) in [7, 11) is 0. The molecule has 19 heavy (non-hydrogen) atoms. The van der Waals surface area contributed by atoms with Crippen LogP contribution in [0.5, 0.6) is 0 Å². The van der Waals surface area contributed by atoms with E-state index < -0.39 is 0 Å². The number of nitrogens with zero attached hydrogens (tertiary/aromatic N) is 4. The van der Waals surface area contributed by atoms with Gasteiger partial charge in [-0.05, 0) is 36.2 Å². The number of halogens is 1. The first-order chi connectivity index (χ1) is 9.16. The maximum atomic E-state index is 12.2.